The van der Waals surface area contributed by atoms with Crippen molar-refractivity contribution in [1.29, 1.82) is 0 Å². The van der Waals surface area contributed by atoms with Crippen molar-refractivity contribution in [1.82, 2.24) is 0 Å². The van der Waals surface area contributed by atoms with Crippen LogP contribution in [-0.4, -0.2) is 0 Å². The van der Waals surface area contributed by atoms with E-state index in [0.717, 1.165) is 17.8 Å². The predicted molar refractivity (Wildman–Crippen MR) is 135 cm³/mol. The number of hydrogen-bond acceptors (Lipinski definition) is 0. The van der Waals surface area contributed by atoms with Gasteiger partial charge in [-0.25, -0.2) is 0 Å². The van der Waals surface area contributed by atoms with Gasteiger partial charge in [-0.2, -0.15) is 0 Å². The minimum atomic E-state index is 0.193. The summed E-state index contributed by atoms with van der Waals surface area (Å²) < 4.78 is 0. The van der Waals surface area contributed by atoms with Gasteiger partial charge < -0.3 is 0 Å². The van der Waals surface area contributed by atoms with Gasteiger partial charge in [0.15, 0.2) is 0 Å². The summed E-state index contributed by atoms with van der Waals surface area (Å²) in [7, 11) is 0. The SMILES string of the molecule is CCCCC1CC=C(C2(C3CCC(CCC)CC3)C=CC(c3ccccc3)C=C2)CC1. The van der Waals surface area contributed by atoms with E-state index in [1.165, 1.54) is 82.6 Å². The van der Waals surface area contributed by atoms with Gasteiger partial charge in [-0.3, -0.25) is 0 Å². The fourth-order valence-corrected chi connectivity index (χ4v) is 6.67. The first-order valence-electron chi connectivity index (χ1n) is 13.4. The Morgan fingerprint density at radius 1 is 0.806 bits per heavy atom. The molecule has 0 aromatic heterocycles. The van der Waals surface area contributed by atoms with Crippen molar-refractivity contribution in [3.63, 3.8) is 0 Å². The van der Waals surface area contributed by atoms with Crippen LogP contribution < -0.4 is 0 Å². The lowest BCUT2D eigenvalue weighted by atomic mass is 9.59. The molecule has 0 bridgehead atoms. The van der Waals surface area contributed by atoms with E-state index in [9.17, 15) is 0 Å². The van der Waals surface area contributed by atoms with Crippen molar-refractivity contribution in [2.75, 3.05) is 0 Å². The molecular weight excluding hydrogens is 372 g/mol. The van der Waals surface area contributed by atoms with Gasteiger partial charge >= 0.3 is 0 Å². The maximum absolute atomic E-state index is 2.68. The van der Waals surface area contributed by atoms with E-state index in [1.807, 2.05) is 0 Å². The molecule has 168 valence electrons. The van der Waals surface area contributed by atoms with E-state index >= 15 is 0 Å². The molecule has 1 unspecified atom stereocenters. The minimum absolute atomic E-state index is 0.193. The Morgan fingerprint density at radius 3 is 2.16 bits per heavy atom. The number of unbranched alkanes of at least 4 members (excludes halogenated alkanes) is 1. The molecule has 0 heteroatoms. The Morgan fingerprint density at radius 2 is 1.55 bits per heavy atom. The molecule has 0 aliphatic heterocycles. The van der Waals surface area contributed by atoms with Gasteiger partial charge in [0.2, 0.25) is 0 Å². The first-order valence-corrected chi connectivity index (χ1v) is 13.4. The summed E-state index contributed by atoms with van der Waals surface area (Å²) in [6.07, 6.45) is 29.7. The van der Waals surface area contributed by atoms with Crippen molar-refractivity contribution < 1.29 is 0 Å². The van der Waals surface area contributed by atoms with E-state index in [-0.39, 0.29) is 5.41 Å². The molecule has 1 saturated carbocycles. The van der Waals surface area contributed by atoms with Gasteiger partial charge in [0.25, 0.3) is 0 Å². The smallest absolute Gasteiger partial charge is 0.0300 e. The molecule has 1 aromatic carbocycles. The molecule has 0 saturated heterocycles. The molecule has 0 radical (unpaired) electrons. The molecule has 31 heavy (non-hydrogen) atoms. The Hall–Kier alpha value is -1.56. The normalized spacial score (nSPS) is 33.3. The zero-order valence-electron chi connectivity index (χ0n) is 20.1. The fraction of sp³-hybridized carbons (Fsp3) is 0.613. The van der Waals surface area contributed by atoms with Gasteiger partial charge in [0, 0.05) is 11.3 Å². The zero-order valence-corrected chi connectivity index (χ0v) is 20.1. The van der Waals surface area contributed by atoms with E-state index in [0.29, 0.717) is 5.92 Å². The lowest BCUT2D eigenvalue weighted by Gasteiger charge is -2.45. The van der Waals surface area contributed by atoms with Crippen LogP contribution in [0, 0.1) is 23.2 Å². The summed E-state index contributed by atoms with van der Waals surface area (Å²) >= 11 is 0. The van der Waals surface area contributed by atoms with E-state index in [2.05, 4.69) is 74.6 Å². The van der Waals surface area contributed by atoms with Crippen molar-refractivity contribution in [2.24, 2.45) is 23.2 Å². The summed E-state index contributed by atoms with van der Waals surface area (Å²) in [4.78, 5) is 0. The lowest BCUT2D eigenvalue weighted by Crippen LogP contribution is -2.34. The Balaban J connectivity index is 1.54. The standard InChI is InChI=1S/C31H44/c1-3-5-10-26-15-19-30(20-16-26)31(29-17-13-25(9-4-2)14-18-29)23-21-28(22-24-31)27-11-7-6-8-12-27/h6-8,11-12,19,21-26,28-29H,3-5,9-10,13-18,20H2,1-2H3. The number of hydrogen-bond donors (Lipinski definition) is 0. The molecule has 3 aliphatic carbocycles. The third-order valence-corrected chi connectivity index (χ3v) is 8.60. The molecule has 0 heterocycles. The predicted octanol–water partition coefficient (Wildman–Crippen LogP) is 9.41. The van der Waals surface area contributed by atoms with Crippen LogP contribution in [-0.2, 0) is 0 Å². The first kappa shape index (κ1) is 22.6. The monoisotopic (exact) mass is 416 g/mol. The van der Waals surface area contributed by atoms with Crippen LogP contribution in [0.4, 0.5) is 0 Å². The second kappa shape index (κ2) is 10.8. The quantitative estimate of drug-likeness (QED) is 0.370. The van der Waals surface area contributed by atoms with E-state index in [4.69, 9.17) is 0 Å². The second-order valence-corrected chi connectivity index (χ2v) is 10.6. The third kappa shape index (κ3) is 5.27. The average Bonchev–Trinajstić information content (AvgIpc) is 2.84. The van der Waals surface area contributed by atoms with Crippen molar-refractivity contribution >= 4 is 0 Å². The second-order valence-electron chi connectivity index (χ2n) is 10.6. The zero-order chi connectivity index (χ0) is 21.5. The molecule has 4 rings (SSSR count). The van der Waals surface area contributed by atoms with Crippen molar-refractivity contribution in [3.05, 3.63) is 71.8 Å². The van der Waals surface area contributed by atoms with Crippen LogP contribution in [0.5, 0.6) is 0 Å². The Labute approximate surface area is 191 Å². The van der Waals surface area contributed by atoms with Gasteiger partial charge in [0.1, 0.15) is 0 Å². The molecule has 1 aromatic rings. The highest BCUT2D eigenvalue weighted by molar-refractivity contribution is 5.41. The van der Waals surface area contributed by atoms with Crippen molar-refractivity contribution in [2.45, 2.75) is 96.8 Å². The van der Waals surface area contributed by atoms with Gasteiger partial charge in [-0.05, 0) is 55.4 Å². The molecular formula is C31H44. The number of benzene rings is 1. The summed E-state index contributed by atoms with van der Waals surface area (Å²) in [6, 6.07) is 11.0. The summed E-state index contributed by atoms with van der Waals surface area (Å²) in [5.74, 6) is 3.14. The first-order chi connectivity index (χ1) is 15.2. The Kier molecular flexibility index (Phi) is 7.91. The van der Waals surface area contributed by atoms with Crippen LogP contribution in [0.1, 0.15) is 102 Å². The lowest BCUT2D eigenvalue weighted by molar-refractivity contribution is 0.191. The highest BCUT2D eigenvalue weighted by atomic mass is 14.5. The van der Waals surface area contributed by atoms with E-state index in [1.54, 1.807) is 5.57 Å². The molecule has 0 nitrogen and oxygen atoms in total. The molecule has 0 amide bonds. The van der Waals surface area contributed by atoms with Crippen LogP contribution in [0.25, 0.3) is 0 Å². The average molecular weight is 417 g/mol. The largest absolute Gasteiger partial charge is 0.0839 e. The van der Waals surface area contributed by atoms with Crippen LogP contribution in [0.15, 0.2) is 66.3 Å². The highest BCUT2D eigenvalue weighted by Crippen LogP contribution is 2.52. The van der Waals surface area contributed by atoms with Crippen molar-refractivity contribution in [3.8, 4) is 0 Å². The maximum atomic E-state index is 2.68. The van der Waals surface area contributed by atoms with Crippen LogP contribution >= 0.6 is 0 Å². The van der Waals surface area contributed by atoms with Gasteiger partial charge in [0.05, 0.1) is 0 Å². The van der Waals surface area contributed by atoms with Gasteiger partial charge in [-0.1, -0.05) is 125 Å². The molecule has 0 N–H and O–H groups in total. The summed E-state index contributed by atoms with van der Waals surface area (Å²) in [6.45, 7) is 4.68. The molecule has 0 spiro atoms. The third-order valence-electron chi connectivity index (χ3n) is 8.60. The molecule has 1 fully saturated rings. The highest BCUT2D eigenvalue weighted by Gasteiger charge is 2.41. The number of rotatable bonds is 8. The minimum Gasteiger partial charge on any atom is -0.0839 e. The van der Waals surface area contributed by atoms with E-state index < -0.39 is 0 Å². The summed E-state index contributed by atoms with van der Waals surface area (Å²) in [5.41, 5.74) is 3.36. The topological polar surface area (TPSA) is 0 Å². The van der Waals surface area contributed by atoms with Gasteiger partial charge in [-0.15, -0.1) is 0 Å². The fourth-order valence-electron chi connectivity index (χ4n) is 6.67. The Bertz CT molecular complexity index is 742. The molecule has 1 atom stereocenters. The molecule has 3 aliphatic rings. The summed E-state index contributed by atoms with van der Waals surface area (Å²) in [5, 5.41) is 0. The maximum Gasteiger partial charge on any atom is 0.0300 e. The van der Waals surface area contributed by atoms with Crippen LogP contribution in [0.2, 0.25) is 0 Å². The number of allylic oxidation sites excluding steroid dienone is 6. The van der Waals surface area contributed by atoms with Crippen LogP contribution in [0.3, 0.4) is 0 Å².